The Kier molecular flexibility index (Phi) is 5.54. The minimum Gasteiger partial charge on any atom is -0.299 e. The molecule has 0 spiro atoms. The van der Waals surface area contributed by atoms with Crippen LogP contribution in [0.15, 0.2) is 146 Å². The van der Waals surface area contributed by atoms with Crippen molar-refractivity contribution in [3.05, 3.63) is 146 Å². The van der Waals surface area contributed by atoms with Gasteiger partial charge in [0.25, 0.3) is 0 Å². The summed E-state index contributed by atoms with van der Waals surface area (Å²) in [5, 5.41) is 0. The predicted molar refractivity (Wildman–Crippen MR) is 145 cm³/mol. The van der Waals surface area contributed by atoms with E-state index in [-0.39, 0.29) is 0 Å². The van der Waals surface area contributed by atoms with Gasteiger partial charge in [0.1, 0.15) is 5.82 Å². The van der Waals surface area contributed by atoms with Crippen molar-refractivity contribution in [2.24, 2.45) is 0 Å². The van der Waals surface area contributed by atoms with E-state index in [2.05, 4.69) is 132 Å². The van der Waals surface area contributed by atoms with Crippen LogP contribution in [-0.2, 0) is 0 Å². The lowest BCUT2D eigenvalue weighted by Crippen LogP contribution is -1.96. The smallest absolute Gasteiger partial charge is 0.145 e. The molecule has 0 aliphatic rings. The molecule has 0 amide bonds. The summed E-state index contributed by atoms with van der Waals surface area (Å²) >= 11 is 0. The van der Waals surface area contributed by atoms with E-state index < -0.39 is 0 Å². The van der Waals surface area contributed by atoms with Crippen LogP contribution in [0.1, 0.15) is 0 Å². The van der Waals surface area contributed by atoms with Crippen molar-refractivity contribution >= 4 is 0 Å². The molecule has 1 heterocycles. The SMILES string of the molecule is c1ccc(-c2cccc(-c3cn(-c4ccccc4)c(-c4cccc(-c5ccccc5)c4)n3)c2)cc1. The number of para-hydroxylation sites is 1. The van der Waals surface area contributed by atoms with E-state index in [9.17, 15) is 0 Å². The number of nitrogens with zero attached hydrogens (tertiary/aromatic N) is 2. The number of hydrogen-bond acceptors (Lipinski definition) is 1. The molecule has 166 valence electrons. The van der Waals surface area contributed by atoms with Crippen LogP contribution in [0, 0.1) is 0 Å². The van der Waals surface area contributed by atoms with Gasteiger partial charge in [-0.2, -0.15) is 0 Å². The van der Waals surface area contributed by atoms with Gasteiger partial charge in [-0.05, 0) is 46.5 Å². The van der Waals surface area contributed by atoms with Gasteiger partial charge in [-0.1, -0.05) is 115 Å². The van der Waals surface area contributed by atoms with Crippen LogP contribution in [0.3, 0.4) is 0 Å². The fourth-order valence-corrected chi connectivity index (χ4v) is 4.47. The number of rotatable bonds is 5. The fourth-order valence-electron chi connectivity index (χ4n) is 4.47. The Morgan fingerprint density at radius 1 is 0.400 bits per heavy atom. The maximum absolute atomic E-state index is 5.16. The Balaban J connectivity index is 1.48. The molecule has 5 aromatic carbocycles. The Bertz CT molecular complexity index is 1570. The molecule has 0 N–H and O–H groups in total. The lowest BCUT2D eigenvalue weighted by molar-refractivity contribution is 1.07. The fraction of sp³-hybridized carbons (Fsp3) is 0. The van der Waals surface area contributed by atoms with Crippen molar-refractivity contribution in [3.8, 4) is 50.6 Å². The minimum absolute atomic E-state index is 0.925. The standard InChI is InChI=1S/C33H24N2/c1-4-12-25(13-5-1)27-16-10-18-29(22-27)32-24-35(31-20-8-3-9-21-31)33(34-32)30-19-11-17-28(23-30)26-14-6-2-7-15-26/h1-24H. The molecule has 6 rings (SSSR count). The molecule has 35 heavy (non-hydrogen) atoms. The van der Waals surface area contributed by atoms with Gasteiger partial charge in [-0.25, -0.2) is 4.98 Å². The van der Waals surface area contributed by atoms with Gasteiger partial charge in [0.05, 0.1) is 5.69 Å². The van der Waals surface area contributed by atoms with Crippen LogP contribution in [0.4, 0.5) is 0 Å². The number of benzene rings is 5. The van der Waals surface area contributed by atoms with Crippen molar-refractivity contribution in [2.45, 2.75) is 0 Å². The van der Waals surface area contributed by atoms with E-state index in [1.54, 1.807) is 0 Å². The molecule has 2 nitrogen and oxygen atoms in total. The monoisotopic (exact) mass is 448 g/mol. The summed E-state index contributed by atoms with van der Waals surface area (Å²) < 4.78 is 2.19. The van der Waals surface area contributed by atoms with E-state index in [1.807, 2.05) is 18.2 Å². The van der Waals surface area contributed by atoms with Gasteiger partial charge < -0.3 is 0 Å². The predicted octanol–water partition coefficient (Wildman–Crippen LogP) is 8.54. The Morgan fingerprint density at radius 2 is 0.857 bits per heavy atom. The van der Waals surface area contributed by atoms with Gasteiger partial charge >= 0.3 is 0 Å². The molecule has 1 aromatic heterocycles. The quantitative estimate of drug-likeness (QED) is 0.258. The molecule has 0 bridgehead atoms. The number of aromatic nitrogens is 2. The maximum atomic E-state index is 5.16. The van der Waals surface area contributed by atoms with Crippen LogP contribution in [0.25, 0.3) is 50.6 Å². The zero-order valence-electron chi connectivity index (χ0n) is 19.3. The molecule has 0 saturated heterocycles. The molecule has 0 unspecified atom stereocenters. The van der Waals surface area contributed by atoms with Crippen LogP contribution < -0.4 is 0 Å². The first-order valence-corrected chi connectivity index (χ1v) is 11.8. The second-order valence-corrected chi connectivity index (χ2v) is 8.55. The second-order valence-electron chi connectivity index (χ2n) is 8.55. The summed E-state index contributed by atoms with van der Waals surface area (Å²) in [6.07, 6.45) is 2.14. The van der Waals surface area contributed by atoms with E-state index in [0.717, 1.165) is 28.3 Å². The van der Waals surface area contributed by atoms with Gasteiger partial charge in [0, 0.05) is 23.0 Å². The highest BCUT2D eigenvalue weighted by Gasteiger charge is 2.14. The normalized spacial score (nSPS) is 10.9. The Labute approximate surface area is 205 Å². The highest BCUT2D eigenvalue weighted by atomic mass is 15.1. The largest absolute Gasteiger partial charge is 0.299 e. The topological polar surface area (TPSA) is 17.8 Å². The summed E-state index contributed by atoms with van der Waals surface area (Å²) in [6.45, 7) is 0. The molecule has 2 heteroatoms. The third kappa shape index (κ3) is 4.30. The lowest BCUT2D eigenvalue weighted by atomic mass is 10.0. The van der Waals surface area contributed by atoms with Gasteiger partial charge in [0.2, 0.25) is 0 Å². The van der Waals surface area contributed by atoms with Crippen LogP contribution in [-0.4, -0.2) is 9.55 Å². The summed E-state index contributed by atoms with van der Waals surface area (Å²) in [6, 6.07) is 48.6. The average Bonchev–Trinajstić information content (AvgIpc) is 3.41. The molecule has 6 aromatic rings. The highest BCUT2D eigenvalue weighted by molar-refractivity contribution is 5.75. The molecule has 0 aliphatic heterocycles. The van der Waals surface area contributed by atoms with E-state index >= 15 is 0 Å². The highest BCUT2D eigenvalue weighted by Crippen LogP contribution is 2.32. The van der Waals surface area contributed by atoms with Crippen molar-refractivity contribution in [3.63, 3.8) is 0 Å². The zero-order chi connectivity index (χ0) is 23.5. The average molecular weight is 449 g/mol. The first kappa shape index (κ1) is 20.9. The summed E-state index contributed by atoms with van der Waals surface area (Å²) in [5.41, 5.74) is 8.98. The molecule has 0 fully saturated rings. The number of imidazole rings is 1. The second kappa shape index (κ2) is 9.28. The Hall–Kier alpha value is -4.69. The van der Waals surface area contributed by atoms with Crippen LogP contribution >= 0.6 is 0 Å². The lowest BCUT2D eigenvalue weighted by Gasteiger charge is -2.09. The van der Waals surface area contributed by atoms with E-state index in [4.69, 9.17) is 4.98 Å². The third-order valence-corrected chi connectivity index (χ3v) is 6.23. The summed E-state index contributed by atoms with van der Waals surface area (Å²) in [5.74, 6) is 0.925. The first-order valence-electron chi connectivity index (χ1n) is 11.8. The van der Waals surface area contributed by atoms with Gasteiger partial charge in [0.15, 0.2) is 0 Å². The molecule has 0 radical (unpaired) electrons. The van der Waals surface area contributed by atoms with Gasteiger partial charge in [-0.3, -0.25) is 4.57 Å². The molecular weight excluding hydrogens is 424 g/mol. The van der Waals surface area contributed by atoms with Crippen LogP contribution in [0.5, 0.6) is 0 Å². The third-order valence-electron chi connectivity index (χ3n) is 6.23. The summed E-state index contributed by atoms with van der Waals surface area (Å²) in [7, 11) is 0. The first-order chi connectivity index (χ1) is 17.3. The van der Waals surface area contributed by atoms with Gasteiger partial charge in [-0.15, -0.1) is 0 Å². The maximum Gasteiger partial charge on any atom is 0.145 e. The van der Waals surface area contributed by atoms with E-state index in [1.165, 1.54) is 22.3 Å². The Morgan fingerprint density at radius 3 is 1.46 bits per heavy atom. The molecular formula is C33H24N2. The molecule has 0 atom stereocenters. The van der Waals surface area contributed by atoms with Crippen molar-refractivity contribution < 1.29 is 0 Å². The van der Waals surface area contributed by atoms with Crippen molar-refractivity contribution in [2.75, 3.05) is 0 Å². The van der Waals surface area contributed by atoms with Crippen LogP contribution in [0.2, 0.25) is 0 Å². The molecule has 0 saturated carbocycles. The van der Waals surface area contributed by atoms with Crippen molar-refractivity contribution in [1.82, 2.24) is 9.55 Å². The number of hydrogen-bond donors (Lipinski definition) is 0. The zero-order valence-corrected chi connectivity index (χ0v) is 19.3. The minimum atomic E-state index is 0.925. The van der Waals surface area contributed by atoms with E-state index in [0.29, 0.717) is 0 Å². The summed E-state index contributed by atoms with van der Waals surface area (Å²) in [4.78, 5) is 5.16. The molecule has 0 aliphatic carbocycles. The van der Waals surface area contributed by atoms with Crippen molar-refractivity contribution in [1.29, 1.82) is 0 Å².